The van der Waals surface area contributed by atoms with E-state index in [-0.39, 0.29) is 18.1 Å². The molecule has 1 N–H and O–H groups in total. The number of ether oxygens (including phenoxy) is 1. The highest BCUT2D eigenvalue weighted by Crippen LogP contribution is 2.18. The van der Waals surface area contributed by atoms with Gasteiger partial charge in [0.2, 0.25) is 10.0 Å². The number of carbonyl (C=O) groups is 1. The number of amides is 1. The summed E-state index contributed by atoms with van der Waals surface area (Å²) in [5, 5.41) is 0. The molecule has 0 radical (unpaired) electrons. The van der Waals surface area contributed by atoms with Crippen molar-refractivity contribution in [1.29, 1.82) is 0 Å². The molecule has 0 aromatic heterocycles. The summed E-state index contributed by atoms with van der Waals surface area (Å²) in [5.41, 5.74) is 1.03. The normalized spacial score (nSPS) is 27.5. The van der Waals surface area contributed by atoms with E-state index in [1.807, 2.05) is 20.8 Å². The number of benzene rings is 1. The highest BCUT2D eigenvalue weighted by atomic mass is 32.2. The third-order valence-electron chi connectivity index (χ3n) is 5.27. The standard InChI is InChI=1S/C19H29N3O4S/c1-15-4-6-18(7-5-15)27(24,25)22-10-8-21(9-11-22)19(23)14-20-12-16(2)26-17(3)13-20/h4-7,16-17H,8-14H2,1-3H3/p+1/t16-,17-/m0/s1. The number of rotatable bonds is 4. The van der Waals surface area contributed by atoms with Gasteiger partial charge in [-0.2, -0.15) is 4.31 Å². The van der Waals surface area contributed by atoms with Crippen LogP contribution in [0.1, 0.15) is 19.4 Å². The Balaban J connectivity index is 1.55. The topological polar surface area (TPSA) is 71.4 Å². The van der Waals surface area contributed by atoms with Crippen molar-refractivity contribution in [2.24, 2.45) is 0 Å². The zero-order valence-electron chi connectivity index (χ0n) is 16.3. The van der Waals surface area contributed by atoms with Gasteiger partial charge in [0.25, 0.3) is 5.91 Å². The maximum Gasteiger partial charge on any atom is 0.277 e. The first kappa shape index (κ1) is 20.3. The molecule has 0 aliphatic carbocycles. The lowest BCUT2D eigenvalue weighted by Gasteiger charge is -2.36. The molecule has 2 aliphatic heterocycles. The maximum atomic E-state index is 12.8. The second-order valence-corrected chi connectivity index (χ2v) is 9.63. The Kier molecular flexibility index (Phi) is 6.20. The summed E-state index contributed by atoms with van der Waals surface area (Å²) in [7, 11) is -3.50. The predicted octanol–water partition coefficient (Wildman–Crippen LogP) is -0.480. The molecule has 2 aliphatic rings. The Bertz CT molecular complexity index is 748. The van der Waals surface area contributed by atoms with E-state index in [0.717, 1.165) is 18.7 Å². The molecule has 1 aromatic rings. The van der Waals surface area contributed by atoms with Gasteiger partial charge in [-0.05, 0) is 32.9 Å². The fourth-order valence-corrected chi connectivity index (χ4v) is 5.32. The largest absolute Gasteiger partial charge is 0.364 e. The molecule has 3 rings (SSSR count). The number of carbonyl (C=O) groups excluding carboxylic acids is 1. The molecule has 150 valence electrons. The van der Waals surface area contributed by atoms with E-state index in [2.05, 4.69) is 0 Å². The maximum absolute atomic E-state index is 12.8. The lowest BCUT2D eigenvalue weighted by molar-refractivity contribution is -0.907. The Morgan fingerprint density at radius 2 is 1.63 bits per heavy atom. The quantitative estimate of drug-likeness (QED) is 0.746. The van der Waals surface area contributed by atoms with E-state index in [1.54, 1.807) is 29.2 Å². The first-order chi connectivity index (χ1) is 12.8. The van der Waals surface area contributed by atoms with Crippen molar-refractivity contribution in [3.8, 4) is 0 Å². The van der Waals surface area contributed by atoms with Gasteiger partial charge in [0.15, 0.2) is 6.54 Å². The van der Waals surface area contributed by atoms with Gasteiger partial charge in [-0.1, -0.05) is 17.7 Å². The van der Waals surface area contributed by atoms with Gasteiger partial charge in [-0.25, -0.2) is 8.42 Å². The number of hydrogen-bond donors (Lipinski definition) is 1. The number of aryl methyl sites for hydroxylation is 1. The van der Waals surface area contributed by atoms with Crippen molar-refractivity contribution >= 4 is 15.9 Å². The minimum Gasteiger partial charge on any atom is -0.364 e. The molecule has 1 aromatic carbocycles. The van der Waals surface area contributed by atoms with E-state index in [1.165, 1.54) is 9.21 Å². The van der Waals surface area contributed by atoms with Crippen LogP contribution >= 0.6 is 0 Å². The molecule has 0 unspecified atom stereocenters. The summed E-state index contributed by atoms with van der Waals surface area (Å²) in [6, 6.07) is 6.90. The van der Waals surface area contributed by atoms with Crippen molar-refractivity contribution in [1.82, 2.24) is 9.21 Å². The van der Waals surface area contributed by atoms with Crippen molar-refractivity contribution in [2.45, 2.75) is 37.9 Å². The molecule has 27 heavy (non-hydrogen) atoms. The van der Waals surface area contributed by atoms with Crippen LogP contribution in [0, 0.1) is 6.92 Å². The van der Waals surface area contributed by atoms with E-state index in [9.17, 15) is 13.2 Å². The second kappa shape index (κ2) is 8.26. The molecule has 1 amide bonds. The van der Waals surface area contributed by atoms with Gasteiger partial charge < -0.3 is 14.5 Å². The van der Waals surface area contributed by atoms with Crippen molar-refractivity contribution < 1.29 is 22.8 Å². The van der Waals surface area contributed by atoms with Gasteiger partial charge in [0.05, 0.1) is 4.90 Å². The van der Waals surface area contributed by atoms with Crippen LogP contribution in [0.15, 0.2) is 29.2 Å². The molecule has 0 saturated carbocycles. The van der Waals surface area contributed by atoms with Gasteiger partial charge in [0.1, 0.15) is 25.3 Å². The molecule has 7 nitrogen and oxygen atoms in total. The van der Waals surface area contributed by atoms with E-state index in [0.29, 0.717) is 37.6 Å². The number of quaternary nitrogens is 1. The number of nitrogens with zero attached hydrogens (tertiary/aromatic N) is 2. The Labute approximate surface area is 161 Å². The average Bonchev–Trinajstić information content (AvgIpc) is 2.61. The van der Waals surface area contributed by atoms with Gasteiger partial charge in [0, 0.05) is 26.2 Å². The summed E-state index contributed by atoms with van der Waals surface area (Å²) < 4.78 is 32.7. The van der Waals surface area contributed by atoms with E-state index >= 15 is 0 Å². The van der Waals surface area contributed by atoms with Gasteiger partial charge >= 0.3 is 0 Å². The number of sulfonamides is 1. The predicted molar refractivity (Wildman–Crippen MR) is 102 cm³/mol. The molecule has 2 heterocycles. The number of morpholine rings is 1. The average molecular weight is 397 g/mol. The SMILES string of the molecule is Cc1ccc(S(=O)(=O)N2CCN(C(=O)C[NH+]3C[C@H](C)O[C@@H](C)C3)CC2)cc1. The zero-order valence-corrected chi connectivity index (χ0v) is 17.2. The lowest BCUT2D eigenvalue weighted by Crippen LogP contribution is -3.16. The summed E-state index contributed by atoms with van der Waals surface area (Å²) in [6.45, 7) is 9.68. The molecular formula is C19H30N3O4S+. The first-order valence-electron chi connectivity index (χ1n) is 9.59. The van der Waals surface area contributed by atoms with Crippen LogP contribution in [0.4, 0.5) is 0 Å². The van der Waals surface area contributed by atoms with Crippen molar-refractivity contribution in [3.05, 3.63) is 29.8 Å². The summed E-state index contributed by atoms with van der Waals surface area (Å²) in [4.78, 5) is 16.0. The van der Waals surface area contributed by atoms with Crippen LogP contribution in [0.5, 0.6) is 0 Å². The van der Waals surface area contributed by atoms with Crippen LogP contribution in [-0.2, 0) is 19.6 Å². The highest BCUT2D eigenvalue weighted by molar-refractivity contribution is 7.89. The molecule has 8 heteroatoms. The third-order valence-corrected chi connectivity index (χ3v) is 7.18. The highest BCUT2D eigenvalue weighted by Gasteiger charge is 2.33. The van der Waals surface area contributed by atoms with Gasteiger partial charge in [-0.3, -0.25) is 4.79 Å². The number of hydrogen-bond acceptors (Lipinski definition) is 4. The minimum absolute atomic E-state index is 0.0960. The lowest BCUT2D eigenvalue weighted by atomic mass is 10.2. The molecule has 0 bridgehead atoms. The van der Waals surface area contributed by atoms with Crippen LogP contribution < -0.4 is 4.90 Å². The van der Waals surface area contributed by atoms with Crippen LogP contribution in [-0.4, -0.2) is 81.6 Å². The zero-order chi connectivity index (χ0) is 19.6. The minimum atomic E-state index is -3.50. The smallest absolute Gasteiger partial charge is 0.277 e. The Morgan fingerprint density at radius 1 is 1.07 bits per heavy atom. The fraction of sp³-hybridized carbons (Fsp3) is 0.632. The number of nitrogens with one attached hydrogen (secondary N) is 1. The monoisotopic (exact) mass is 396 g/mol. The summed E-state index contributed by atoms with van der Waals surface area (Å²) >= 11 is 0. The molecular weight excluding hydrogens is 366 g/mol. The Hall–Kier alpha value is -1.48. The van der Waals surface area contributed by atoms with Crippen molar-refractivity contribution in [2.75, 3.05) is 45.8 Å². The van der Waals surface area contributed by atoms with Crippen molar-refractivity contribution in [3.63, 3.8) is 0 Å². The molecule has 2 saturated heterocycles. The van der Waals surface area contributed by atoms with Crippen LogP contribution in [0.25, 0.3) is 0 Å². The molecule has 2 fully saturated rings. The third kappa shape index (κ3) is 4.87. The fourth-order valence-electron chi connectivity index (χ4n) is 3.90. The summed E-state index contributed by atoms with van der Waals surface area (Å²) in [6.07, 6.45) is 0.320. The van der Waals surface area contributed by atoms with Crippen LogP contribution in [0.3, 0.4) is 0 Å². The van der Waals surface area contributed by atoms with E-state index in [4.69, 9.17) is 4.74 Å². The molecule has 0 spiro atoms. The van der Waals surface area contributed by atoms with Gasteiger partial charge in [-0.15, -0.1) is 0 Å². The summed E-state index contributed by atoms with van der Waals surface area (Å²) in [5.74, 6) is 0.0960. The van der Waals surface area contributed by atoms with E-state index < -0.39 is 10.0 Å². The number of piperazine rings is 1. The Morgan fingerprint density at radius 3 is 2.19 bits per heavy atom. The second-order valence-electron chi connectivity index (χ2n) is 7.69. The molecule has 2 atom stereocenters. The first-order valence-corrected chi connectivity index (χ1v) is 11.0. The van der Waals surface area contributed by atoms with Crippen LogP contribution in [0.2, 0.25) is 0 Å².